The van der Waals surface area contributed by atoms with E-state index in [-0.39, 0.29) is 5.82 Å². The maximum absolute atomic E-state index is 15.1. The van der Waals surface area contributed by atoms with Gasteiger partial charge in [0.2, 0.25) is 0 Å². The summed E-state index contributed by atoms with van der Waals surface area (Å²) < 4.78 is 15.1. The van der Waals surface area contributed by atoms with Crippen molar-refractivity contribution in [3.8, 4) is 11.8 Å². The topological polar surface area (TPSA) is 0 Å². The molecular weight excluding hydrogens is 379 g/mol. The highest BCUT2D eigenvalue weighted by molar-refractivity contribution is 5.85. The third-order valence-corrected chi connectivity index (χ3v) is 6.63. The fourth-order valence-corrected chi connectivity index (χ4v) is 4.81. The molecule has 1 aliphatic rings. The fourth-order valence-electron chi connectivity index (χ4n) is 4.81. The lowest BCUT2D eigenvalue weighted by atomic mass is 9.77. The maximum atomic E-state index is 15.1. The van der Waals surface area contributed by atoms with Crippen LogP contribution >= 0.6 is 0 Å². The van der Waals surface area contributed by atoms with Crippen molar-refractivity contribution in [1.29, 1.82) is 0 Å². The van der Waals surface area contributed by atoms with Gasteiger partial charge in [-0.25, -0.2) is 4.39 Å². The predicted octanol–water partition coefficient (Wildman–Crippen LogP) is 8.18. The van der Waals surface area contributed by atoms with E-state index in [2.05, 4.69) is 49.6 Å². The van der Waals surface area contributed by atoms with Crippen molar-refractivity contribution in [3.63, 3.8) is 0 Å². The molecule has 0 spiro atoms. The lowest BCUT2D eigenvalue weighted by Crippen LogP contribution is -2.12. The second-order valence-electron chi connectivity index (χ2n) is 8.85. The van der Waals surface area contributed by atoms with Gasteiger partial charge in [0.1, 0.15) is 5.82 Å². The summed E-state index contributed by atoms with van der Waals surface area (Å²) in [4.78, 5) is 0. The van der Waals surface area contributed by atoms with E-state index in [9.17, 15) is 0 Å². The second kappa shape index (κ2) is 9.97. The van der Waals surface area contributed by atoms with Crippen LogP contribution < -0.4 is 0 Å². The first-order valence-electron chi connectivity index (χ1n) is 11.6. The Hall–Kier alpha value is -2.85. The monoisotopic (exact) mass is 410 g/mol. The first-order valence-corrected chi connectivity index (χ1v) is 11.6. The van der Waals surface area contributed by atoms with Crippen LogP contribution in [0.4, 0.5) is 4.39 Å². The second-order valence-corrected chi connectivity index (χ2v) is 8.85. The van der Waals surface area contributed by atoms with Crippen molar-refractivity contribution >= 4 is 10.8 Å². The van der Waals surface area contributed by atoms with E-state index in [0.29, 0.717) is 16.9 Å². The average molecular weight is 411 g/mol. The molecule has 158 valence electrons. The molecular formula is C30H31F. The van der Waals surface area contributed by atoms with Gasteiger partial charge in [0, 0.05) is 10.9 Å². The van der Waals surface area contributed by atoms with Gasteiger partial charge >= 0.3 is 0 Å². The van der Waals surface area contributed by atoms with Crippen LogP contribution in [0.5, 0.6) is 0 Å². The highest BCUT2D eigenvalue weighted by Crippen LogP contribution is 2.38. The van der Waals surface area contributed by atoms with E-state index >= 15 is 4.39 Å². The molecule has 1 fully saturated rings. The molecule has 3 aromatic carbocycles. The summed E-state index contributed by atoms with van der Waals surface area (Å²) in [5, 5.41) is 1.63. The van der Waals surface area contributed by atoms with E-state index in [1.165, 1.54) is 36.8 Å². The van der Waals surface area contributed by atoms with Crippen molar-refractivity contribution in [1.82, 2.24) is 0 Å². The predicted molar refractivity (Wildman–Crippen MR) is 130 cm³/mol. The normalized spacial score (nSPS) is 18.4. The van der Waals surface area contributed by atoms with Crippen molar-refractivity contribution < 1.29 is 4.39 Å². The summed E-state index contributed by atoms with van der Waals surface area (Å²) in [7, 11) is 0. The largest absolute Gasteiger partial charge is 0.205 e. The molecule has 0 bridgehead atoms. The lowest BCUT2D eigenvalue weighted by molar-refractivity contribution is 0.328. The van der Waals surface area contributed by atoms with Gasteiger partial charge in [-0.05, 0) is 85.1 Å². The molecule has 0 heterocycles. The van der Waals surface area contributed by atoms with Gasteiger partial charge in [-0.1, -0.05) is 67.7 Å². The van der Waals surface area contributed by atoms with Crippen LogP contribution in [0.15, 0.2) is 67.3 Å². The van der Waals surface area contributed by atoms with E-state index in [0.717, 1.165) is 36.1 Å². The molecule has 0 atom stereocenters. The molecule has 1 aliphatic carbocycles. The molecule has 0 unspecified atom stereocenters. The molecule has 0 amide bonds. The molecule has 0 N–H and O–H groups in total. The van der Waals surface area contributed by atoms with Crippen LogP contribution in [0.1, 0.15) is 73.6 Å². The van der Waals surface area contributed by atoms with Gasteiger partial charge in [-0.3, -0.25) is 0 Å². The minimum absolute atomic E-state index is 0.214. The Labute approximate surface area is 186 Å². The summed E-state index contributed by atoms with van der Waals surface area (Å²) in [6.45, 7) is 6.05. The molecule has 0 aromatic heterocycles. The van der Waals surface area contributed by atoms with Gasteiger partial charge in [-0.2, -0.15) is 0 Å². The molecule has 1 heteroatoms. The third-order valence-electron chi connectivity index (χ3n) is 6.63. The number of allylic oxidation sites excluding steroid dienone is 1. The number of halogens is 1. The Kier molecular flexibility index (Phi) is 6.88. The molecule has 0 saturated heterocycles. The zero-order valence-electron chi connectivity index (χ0n) is 18.5. The number of rotatable bonds is 5. The number of hydrogen-bond donors (Lipinski definition) is 0. The number of hydrogen-bond acceptors (Lipinski definition) is 0. The lowest BCUT2D eigenvalue weighted by Gasteiger charge is -2.28. The van der Waals surface area contributed by atoms with Crippen molar-refractivity contribution in [3.05, 3.63) is 95.3 Å². The molecule has 31 heavy (non-hydrogen) atoms. The van der Waals surface area contributed by atoms with Gasteiger partial charge in [-0.15, -0.1) is 6.58 Å². The van der Waals surface area contributed by atoms with Crippen molar-refractivity contribution in [2.24, 2.45) is 5.92 Å². The van der Waals surface area contributed by atoms with Gasteiger partial charge in [0.05, 0.1) is 5.56 Å². The van der Waals surface area contributed by atoms with Crippen LogP contribution in [-0.4, -0.2) is 0 Å². The Bertz CT molecular complexity index is 1100. The average Bonchev–Trinajstić information content (AvgIpc) is 2.80. The molecule has 0 nitrogen and oxygen atoms in total. The highest BCUT2D eigenvalue weighted by Gasteiger charge is 2.22. The zero-order valence-corrected chi connectivity index (χ0v) is 18.5. The molecule has 0 aliphatic heterocycles. The smallest absolute Gasteiger partial charge is 0.146 e. The summed E-state index contributed by atoms with van der Waals surface area (Å²) in [6, 6.07) is 18.3. The maximum Gasteiger partial charge on any atom is 0.146 e. The van der Waals surface area contributed by atoms with Crippen LogP contribution in [0.3, 0.4) is 0 Å². The Morgan fingerprint density at radius 1 is 0.968 bits per heavy atom. The highest BCUT2D eigenvalue weighted by atomic mass is 19.1. The molecule has 3 aromatic rings. The Balaban J connectivity index is 1.52. The van der Waals surface area contributed by atoms with E-state index < -0.39 is 0 Å². The number of benzene rings is 3. The summed E-state index contributed by atoms with van der Waals surface area (Å²) in [5.41, 5.74) is 4.04. The van der Waals surface area contributed by atoms with Gasteiger partial charge < -0.3 is 0 Å². The van der Waals surface area contributed by atoms with E-state index in [1.807, 2.05) is 36.4 Å². The summed E-state index contributed by atoms with van der Waals surface area (Å²) >= 11 is 0. The van der Waals surface area contributed by atoms with Crippen LogP contribution in [0, 0.1) is 23.6 Å². The van der Waals surface area contributed by atoms with Crippen LogP contribution in [-0.2, 0) is 6.42 Å². The van der Waals surface area contributed by atoms with Crippen LogP contribution in [0.25, 0.3) is 10.8 Å². The molecule has 1 saturated carbocycles. The van der Waals surface area contributed by atoms with E-state index in [1.54, 1.807) is 0 Å². The van der Waals surface area contributed by atoms with Gasteiger partial charge in [0.25, 0.3) is 0 Å². The minimum atomic E-state index is -0.214. The zero-order chi connectivity index (χ0) is 21.6. The SMILES string of the molecule is C=CCC1CCC(c2ccc3c(F)c(C#Cc4ccc(CCC)cc4)ccc3c2)CC1. The number of aryl methyl sites for hydroxylation is 1. The summed E-state index contributed by atoms with van der Waals surface area (Å²) in [6.07, 6.45) is 10.3. The molecule has 0 radical (unpaired) electrons. The standard InChI is InChI=1S/C30H31F/c1-3-5-22-7-9-24(10-8-22)13-16-26-17-18-28-21-27(19-20-29(28)30(26)31)25-14-11-23(6-4-2)12-15-25/h4,7-10,17-21,23,25H,2-3,5-6,11-12,14-15H2,1H3. The Morgan fingerprint density at radius 3 is 2.45 bits per heavy atom. The minimum Gasteiger partial charge on any atom is -0.205 e. The van der Waals surface area contributed by atoms with Crippen molar-refractivity contribution in [2.75, 3.05) is 0 Å². The van der Waals surface area contributed by atoms with Gasteiger partial charge in [0.15, 0.2) is 0 Å². The number of fused-ring (bicyclic) bond motifs is 1. The third kappa shape index (κ3) is 5.08. The Morgan fingerprint density at radius 2 is 1.74 bits per heavy atom. The van der Waals surface area contributed by atoms with Crippen molar-refractivity contribution in [2.45, 2.75) is 57.8 Å². The fraction of sp³-hybridized carbons (Fsp3) is 0.333. The first-order chi connectivity index (χ1) is 15.2. The first kappa shape index (κ1) is 21.4. The van der Waals surface area contributed by atoms with E-state index in [4.69, 9.17) is 0 Å². The quantitative estimate of drug-likeness (QED) is 0.294. The summed E-state index contributed by atoms with van der Waals surface area (Å²) in [5.74, 6) is 7.31. The van der Waals surface area contributed by atoms with Crippen LogP contribution in [0.2, 0.25) is 0 Å². The molecule has 4 rings (SSSR count).